The molecule has 26 heavy (non-hydrogen) atoms. The minimum Gasteiger partial charge on any atom is -0.478 e. The van der Waals surface area contributed by atoms with Crippen LogP contribution in [0.25, 0.3) is 0 Å². The Labute approximate surface area is 157 Å². The number of nitrogens with zero attached hydrogens (tertiary/aromatic N) is 1. The zero-order valence-corrected chi connectivity index (χ0v) is 15.7. The van der Waals surface area contributed by atoms with Crippen molar-refractivity contribution in [2.24, 2.45) is 0 Å². The van der Waals surface area contributed by atoms with Crippen LogP contribution in [0.5, 0.6) is 0 Å². The van der Waals surface area contributed by atoms with E-state index in [-0.39, 0.29) is 23.4 Å². The fourth-order valence-electron chi connectivity index (χ4n) is 2.95. The van der Waals surface area contributed by atoms with Gasteiger partial charge in [0.1, 0.15) is 0 Å². The van der Waals surface area contributed by atoms with Crippen LogP contribution in [0.2, 0.25) is 5.02 Å². The average molecular weight is 392 g/mol. The molecule has 0 unspecified atom stereocenters. The van der Waals surface area contributed by atoms with Crippen molar-refractivity contribution >= 4 is 27.6 Å². The Morgan fingerprint density at radius 3 is 2.31 bits per heavy atom. The highest BCUT2D eigenvalue weighted by Crippen LogP contribution is 2.35. The van der Waals surface area contributed by atoms with Crippen LogP contribution in [0.15, 0.2) is 65.1 Å². The molecule has 1 aliphatic rings. The van der Waals surface area contributed by atoms with Crippen molar-refractivity contribution in [3.8, 4) is 0 Å². The summed E-state index contributed by atoms with van der Waals surface area (Å²) in [5, 5.41) is 9.87. The van der Waals surface area contributed by atoms with Crippen molar-refractivity contribution in [2.75, 3.05) is 6.54 Å². The Kier molecular flexibility index (Phi) is 5.18. The van der Waals surface area contributed by atoms with Crippen LogP contribution < -0.4 is 0 Å². The Balaban J connectivity index is 2.06. The third kappa shape index (κ3) is 3.67. The van der Waals surface area contributed by atoms with E-state index in [0.29, 0.717) is 5.02 Å². The molecule has 2 aromatic carbocycles. The van der Waals surface area contributed by atoms with Crippen LogP contribution >= 0.6 is 11.6 Å². The largest absolute Gasteiger partial charge is 0.478 e. The molecule has 136 valence electrons. The predicted octanol–water partition coefficient (Wildman–Crippen LogP) is 3.80. The van der Waals surface area contributed by atoms with E-state index in [1.807, 2.05) is 6.92 Å². The van der Waals surface area contributed by atoms with Crippen LogP contribution in [0, 0.1) is 6.92 Å². The van der Waals surface area contributed by atoms with Crippen LogP contribution in [0.1, 0.15) is 23.6 Å². The summed E-state index contributed by atoms with van der Waals surface area (Å²) in [6, 6.07) is 13.0. The molecule has 7 heteroatoms. The quantitative estimate of drug-likeness (QED) is 0.860. The normalized spacial score (nSPS) is 18.4. The number of halogens is 1. The smallest absolute Gasteiger partial charge is 0.332 e. The van der Waals surface area contributed by atoms with Crippen molar-refractivity contribution in [3.63, 3.8) is 0 Å². The Morgan fingerprint density at radius 2 is 1.73 bits per heavy atom. The van der Waals surface area contributed by atoms with Gasteiger partial charge in [-0.05, 0) is 43.2 Å². The maximum absolute atomic E-state index is 13.2. The number of sulfonamides is 1. The van der Waals surface area contributed by atoms with Gasteiger partial charge >= 0.3 is 5.97 Å². The second kappa shape index (κ2) is 7.23. The monoisotopic (exact) mass is 391 g/mol. The van der Waals surface area contributed by atoms with Crippen molar-refractivity contribution in [2.45, 2.75) is 24.3 Å². The fraction of sp³-hybridized carbons (Fsp3) is 0.211. The fourth-order valence-corrected chi connectivity index (χ4v) is 4.68. The lowest BCUT2D eigenvalue weighted by Crippen LogP contribution is -2.39. The molecule has 0 amide bonds. The summed E-state index contributed by atoms with van der Waals surface area (Å²) in [5.41, 5.74) is 1.79. The Bertz CT molecular complexity index is 950. The number of rotatable bonds is 4. The van der Waals surface area contributed by atoms with Crippen molar-refractivity contribution < 1.29 is 18.3 Å². The predicted molar refractivity (Wildman–Crippen MR) is 99.6 cm³/mol. The molecule has 0 aliphatic carbocycles. The van der Waals surface area contributed by atoms with Gasteiger partial charge in [0.2, 0.25) is 10.0 Å². The number of carbonyl (C=O) groups is 1. The molecule has 2 aromatic rings. The van der Waals surface area contributed by atoms with Crippen molar-refractivity contribution in [1.82, 2.24) is 4.31 Å². The van der Waals surface area contributed by atoms with Gasteiger partial charge < -0.3 is 5.11 Å². The highest BCUT2D eigenvalue weighted by Gasteiger charge is 2.36. The standard InChI is InChI=1S/C19H18ClNO4S/c1-13-2-9-17(10-3-13)26(24,25)21-12-15(19(22)23)6-11-18(21)14-4-7-16(20)8-5-14/h2-10,18H,11-12H2,1H3,(H,22,23)/t18-/m0/s1. The van der Waals surface area contributed by atoms with E-state index in [1.54, 1.807) is 54.6 Å². The molecular weight excluding hydrogens is 374 g/mol. The first-order valence-electron chi connectivity index (χ1n) is 8.05. The molecule has 3 rings (SSSR count). The number of benzene rings is 2. The van der Waals surface area contributed by atoms with Gasteiger partial charge in [0.15, 0.2) is 0 Å². The highest BCUT2D eigenvalue weighted by atomic mass is 35.5. The van der Waals surface area contributed by atoms with Crippen molar-refractivity contribution in [3.05, 3.63) is 76.3 Å². The van der Waals surface area contributed by atoms with E-state index in [9.17, 15) is 18.3 Å². The summed E-state index contributed by atoms with van der Waals surface area (Å²) in [6.45, 7) is 1.69. The van der Waals surface area contributed by atoms with Crippen LogP contribution in [0.3, 0.4) is 0 Å². The summed E-state index contributed by atoms with van der Waals surface area (Å²) in [7, 11) is -3.86. The minimum absolute atomic E-state index is 0.0749. The van der Waals surface area contributed by atoms with Crippen LogP contribution in [-0.2, 0) is 14.8 Å². The first kappa shape index (κ1) is 18.6. The maximum Gasteiger partial charge on any atom is 0.332 e. The second-order valence-electron chi connectivity index (χ2n) is 6.20. The lowest BCUT2D eigenvalue weighted by molar-refractivity contribution is -0.133. The molecule has 0 saturated heterocycles. The number of carboxylic acids is 1. The molecular formula is C19H18ClNO4S. The maximum atomic E-state index is 13.2. The highest BCUT2D eigenvalue weighted by molar-refractivity contribution is 7.89. The van der Waals surface area contributed by atoms with Gasteiger partial charge in [-0.15, -0.1) is 0 Å². The van der Waals surface area contributed by atoms with Gasteiger partial charge in [0.05, 0.1) is 10.9 Å². The summed E-state index contributed by atoms with van der Waals surface area (Å²) >= 11 is 5.93. The lowest BCUT2D eigenvalue weighted by Gasteiger charge is -2.34. The third-order valence-corrected chi connectivity index (χ3v) is 6.54. The first-order chi connectivity index (χ1) is 12.3. The molecule has 0 fully saturated rings. The molecule has 1 aliphatic heterocycles. The Hall–Kier alpha value is -2.15. The van der Waals surface area contributed by atoms with E-state index in [2.05, 4.69) is 0 Å². The third-order valence-electron chi connectivity index (χ3n) is 4.42. The van der Waals surface area contributed by atoms with Gasteiger partial charge in [-0.3, -0.25) is 0 Å². The SMILES string of the molecule is Cc1ccc(S(=O)(=O)N2CC(C(=O)O)=CC[C@H]2c2ccc(Cl)cc2)cc1. The molecule has 0 radical (unpaired) electrons. The van der Waals surface area contributed by atoms with Gasteiger partial charge in [0, 0.05) is 17.1 Å². The molecule has 1 heterocycles. The molecule has 1 N–H and O–H groups in total. The van der Waals surface area contributed by atoms with Gasteiger partial charge in [0.25, 0.3) is 0 Å². The van der Waals surface area contributed by atoms with E-state index in [4.69, 9.17) is 11.6 Å². The van der Waals surface area contributed by atoms with E-state index >= 15 is 0 Å². The molecule has 1 atom stereocenters. The molecule has 0 saturated carbocycles. The number of carboxylic acid groups (broad SMARTS) is 1. The Morgan fingerprint density at radius 1 is 1.12 bits per heavy atom. The van der Waals surface area contributed by atoms with Gasteiger partial charge in [-0.25, -0.2) is 13.2 Å². The second-order valence-corrected chi connectivity index (χ2v) is 8.53. The van der Waals surface area contributed by atoms with Crippen molar-refractivity contribution in [1.29, 1.82) is 0 Å². The summed E-state index contributed by atoms with van der Waals surface area (Å²) < 4.78 is 27.6. The molecule has 5 nitrogen and oxygen atoms in total. The molecule has 0 bridgehead atoms. The first-order valence-corrected chi connectivity index (χ1v) is 9.87. The zero-order chi connectivity index (χ0) is 18.9. The number of aliphatic carboxylic acids is 1. The number of hydrogen-bond acceptors (Lipinski definition) is 3. The average Bonchev–Trinajstić information content (AvgIpc) is 2.62. The minimum atomic E-state index is -3.86. The summed E-state index contributed by atoms with van der Waals surface area (Å²) in [4.78, 5) is 11.5. The topological polar surface area (TPSA) is 74.7 Å². The van der Waals surface area contributed by atoms with E-state index in [0.717, 1.165) is 11.1 Å². The number of hydrogen-bond donors (Lipinski definition) is 1. The van der Waals surface area contributed by atoms with Crippen LogP contribution in [-0.4, -0.2) is 30.3 Å². The van der Waals surface area contributed by atoms with Gasteiger partial charge in [-0.2, -0.15) is 4.31 Å². The summed E-state index contributed by atoms with van der Waals surface area (Å²) in [5.74, 6) is -1.11. The van der Waals surface area contributed by atoms with E-state index in [1.165, 1.54) is 4.31 Å². The molecule has 0 aromatic heterocycles. The van der Waals surface area contributed by atoms with Gasteiger partial charge in [-0.1, -0.05) is 47.5 Å². The molecule has 0 spiro atoms. The number of aryl methyl sites for hydroxylation is 1. The van der Waals surface area contributed by atoms with Crippen LogP contribution in [0.4, 0.5) is 0 Å². The summed E-state index contributed by atoms with van der Waals surface area (Å²) in [6.07, 6.45) is 1.87. The zero-order valence-electron chi connectivity index (χ0n) is 14.1. The van der Waals surface area contributed by atoms with E-state index < -0.39 is 22.0 Å². The lowest BCUT2D eigenvalue weighted by atomic mass is 9.98.